The van der Waals surface area contributed by atoms with Gasteiger partial charge >= 0.3 is 5.97 Å². The number of para-hydroxylation sites is 1. The molecule has 2 aromatic rings. The number of carbonyl (C=O) groups excluding carboxylic acids is 1. The smallest absolute Gasteiger partial charge is 0.338 e. The number of benzene rings is 1. The second kappa shape index (κ2) is 7.66. The van der Waals surface area contributed by atoms with Gasteiger partial charge in [0.1, 0.15) is 34.4 Å². The van der Waals surface area contributed by atoms with Crippen molar-refractivity contribution in [2.75, 3.05) is 7.11 Å². The van der Waals surface area contributed by atoms with Gasteiger partial charge in [0.05, 0.1) is 28.9 Å². The zero-order valence-corrected chi connectivity index (χ0v) is 17.2. The number of amidine groups is 1. The third kappa shape index (κ3) is 3.23. The number of nitro benzene ring substituents is 1. The van der Waals surface area contributed by atoms with Crippen LogP contribution in [0.1, 0.15) is 18.7 Å². The number of furan rings is 1. The average Bonchev–Trinajstić information content (AvgIpc) is 3.37. The molecule has 31 heavy (non-hydrogen) atoms. The minimum atomic E-state index is -0.852. The van der Waals surface area contributed by atoms with E-state index in [0.29, 0.717) is 22.2 Å². The fourth-order valence-electron chi connectivity index (χ4n) is 3.47. The Morgan fingerprint density at radius 2 is 2.13 bits per heavy atom. The maximum atomic E-state index is 12.6. The van der Waals surface area contributed by atoms with E-state index in [0.717, 1.165) is 11.8 Å². The van der Waals surface area contributed by atoms with Crippen LogP contribution < -0.4 is 5.73 Å². The number of methoxy groups -OCH3 is 1. The van der Waals surface area contributed by atoms with Crippen LogP contribution in [0.5, 0.6) is 0 Å². The Balaban J connectivity index is 1.87. The molecule has 2 aliphatic heterocycles. The number of rotatable bonds is 4. The molecule has 0 radical (unpaired) electrons. The number of ether oxygens (including phenoxy) is 1. The van der Waals surface area contributed by atoms with Gasteiger partial charge in [-0.25, -0.2) is 9.79 Å². The number of esters is 1. The highest BCUT2D eigenvalue weighted by Gasteiger charge is 2.44. The van der Waals surface area contributed by atoms with Crippen LogP contribution in [0, 0.1) is 21.4 Å². The number of aliphatic imine (C=N–C) groups is 1. The first-order valence-corrected chi connectivity index (χ1v) is 9.77. The molecule has 0 saturated heterocycles. The van der Waals surface area contributed by atoms with E-state index in [9.17, 15) is 20.2 Å². The van der Waals surface area contributed by atoms with E-state index < -0.39 is 16.9 Å². The molecular formula is C20H15N5O5S. The first-order chi connectivity index (χ1) is 14.9. The average molecular weight is 437 g/mol. The van der Waals surface area contributed by atoms with Gasteiger partial charge in [0, 0.05) is 6.07 Å². The van der Waals surface area contributed by atoms with E-state index in [1.165, 1.54) is 18.1 Å². The van der Waals surface area contributed by atoms with Crippen molar-refractivity contribution in [3.63, 3.8) is 0 Å². The van der Waals surface area contributed by atoms with Gasteiger partial charge in [-0.1, -0.05) is 12.1 Å². The summed E-state index contributed by atoms with van der Waals surface area (Å²) in [6.45, 7) is 1.65. The normalized spacial score (nSPS) is 17.9. The monoisotopic (exact) mass is 437 g/mol. The molecule has 0 aliphatic carbocycles. The molecule has 3 heterocycles. The summed E-state index contributed by atoms with van der Waals surface area (Å²) in [6.07, 6.45) is 0. The summed E-state index contributed by atoms with van der Waals surface area (Å²) in [6, 6.07) is 10.5. The van der Waals surface area contributed by atoms with Crippen LogP contribution in [0.3, 0.4) is 0 Å². The molecule has 1 aromatic heterocycles. The Morgan fingerprint density at radius 3 is 2.81 bits per heavy atom. The number of nitrogens with zero attached hydrogens (tertiary/aromatic N) is 4. The third-order valence-electron chi connectivity index (χ3n) is 4.85. The highest BCUT2D eigenvalue weighted by Crippen LogP contribution is 2.46. The van der Waals surface area contributed by atoms with Gasteiger partial charge in [-0.3, -0.25) is 15.0 Å². The minimum absolute atomic E-state index is 0.114. The number of allylic oxidation sites excluding steroid dienone is 2. The van der Waals surface area contributed by atoms with Crippen LogP contribution in [0.25, 0.3) is 11.3 Å². The maximum Gasteiger partial charge on any atom is 0.338 e. The molecule has 0 spiro atoms. The van der Waals surface area contributed by atoms with Crippen LogP contribution in [0.2, 0.25) is 0 Å². The molecule has 156 valence electrons. The number of carbonyl (C=O) groups is 1. The molecule has 1 aromatic carbocycles. The van der Waals surface area contributed by atoms with Crippen molar-refractivity contribution in [2.45, 2.75) is 13.0 Å². The van der Waals surface area contributed by atoms with Gasteiger partial charge in [-0.15, -0.1) is 0 Å². The number of nitro groups is 1. The number of hydrogen-bond acceptors (Lipinski definition) is 10. The molecule has 0 fully saturated rings. The van der Waals surface area contributed by atoms with Crippen molar-refractivity contribution < 1.29 is 18.9 Å². The number of hydrogen-bond donors (Lipinski definition) is 1. The largest absolute Gasteiger partial charge is 0.466 e. The van der Waals surface area contributed by atoms with Gasteiger partial charge in [-0.2, -0.15) is 5.26 Å². The van der Waals surface area contributed by atoms with Crippen LogP contribution in [0.15, 0.2) is 67.8 Å². The first kappa shape index (κ1) is 20.2. The van der Waals surface area contributed by atoms with Crippen molar-refractivity contribution in [3.05, 3.63) is 74.3 Å². The molecule has 2 N–H and O–H groups in total. The molecule has 0 bridgehead atoms. The van der Waals surface area contributed by atoms with Gasteiger partial charge in [0.15, 0.2) is 5.17 Å². The quantitative estimate of drug-likeness (QED) is 0.431. The van der Waals surface area contributed by atoms with Crippen molar-refractivity contribution in [1.29, 1.82) is 5.26 Å². The van der Waals surface area contributed by atoms with Crippen LogP contribution >= 0.6 is 11.8 Å². The van der Waals surface area contributed by atoms with Crippen LogP contribution in [-0.2, 0) is 9.53 Å². The second-order valence-corrected chi connectivity index (χ2v) is 7.54. The number of nitrogens with two attached hydrogens (primary N) is 1. The number of fused-ring (bicyclic) bond motifs is 1. The molecule has 0 saturated carbocycles. The summed E-state index contributed by atoms with van der Waals surface area (Å²) in [5, 5.41) is 21.2. The second-order valence-electron chi connectivity index (χ2n) is 6.56. The molecule has 0 unspecified atom stereocenters. The Hall–Kier alpha value is -4.04. The van der Waals surface area contributed by atoms with Crippen LogP contribution in [-0.4, -0.2) is 28.1 Å². The summed E-state index contributed by atoms with van der Waals surface area (Å²) >= 11 is 1.09. The lowest BCUT2D eigenvalue weighted by Gasteiger charge is -2.33. The predicted molar refractivity (Wildman–Crippen MR) is 112 cm³/mol. The van der Waals surface area contributed by atoms with E-state index in [4.69, 9.17) is 14.9 Å². The van der Waals surface area contributed by atoms with Gasteiger partial charge < -0.3 is 14.9 Å². The van der Waals surface area contributed by atoms with Crippen molar-refractivity contribution in [3.8, 4) is 17.4 Å². The van der Waals surface area contributed by atoms with Gasteiger partial charge in [0.2, 0.25) is 0 Å². The Morgan fingerprint density at radius 1 is 1.39 bits per heavy atom. The highest BCUT2D eigenvalue weighted by molar-refractivity contribution is 8.17. The SMILES string of the molecule is COC(=O)C1=C(C)N=C2SC(C#N)=C(N)N2[C@H]1c1ccc(-c2ccccc2[N+](=O)[O-])o1. The van der Waals surface area contributed by atoms with Gasteiger partial charge in [-0.05, 0) is 36.9 Å². The molecule has 1 atom stereocenters. The van der Waals surface area contributed by atoms with Crippen molar-refractivity contribution in [2.24, 2.45) is 10.7 Å². The highest BCUT2D eigenvalue weighted by atomic mass is 32.2. The Labute approximate surface area is 180 Å². The Kier molecular flexibility index (Phi) is 5.00. The summed E-state index contributed by atoms with van der Waals surface area (Å²) in [5.74, 6) is 0.0529. The van der Waals surface area contributed by atoms with E-state index in [-0.39, 0.29) is 27.7 Å². The van der Waals surface area contributed by atoms with E-state index in [2.05, 4.69) is 4.99 Å². The molecular weight excluding hydrogens is 422 g/mol. The molecule has 11 heteroatoms. The van der Waals surface area contributed by atoms with E-state index in [1.54, 1.807) is 37.3 Å². The lowest BCUT2D eigenvalue weighted by Crippen LogP contribution is -2.38. The van der Waals surface area contributed by atoms with Crippen LogP contribution in [0.4, 0.5) is 5.69 Å². The lowest BCUT2D eigenvalue weighted by molar-refractivity contribution is -0.384. The molecule has 2 aliphatic rings. The lowest BCUT2D eigenvalue weighted by atomic mass is 10.00. The summed E-state index contributed by atoms with van der Waals surface area (Å²) in [5.41, 5.74) is 6.94. The number of nitriles is 1. The summed E-state index contributed by atoms with van der Waals surface area (Å²) < 4.78 is 10.9. The summed E-state index contributed by atoms with van der Waals surface area (Å²) in [4.78, 5) is 29.7. The van der Waals surface area contributed by atoms with E-state index in [1.807, 2.05) is 6.07 Å². The first-order valence-electron chi connectivity index (χ1n) is 8.95. The molecule has 10 nitrogen and oxygen atoms in total. The maximum absolute atomic E-state index is 12.6. The molecule has 0 amide bonds. The third-order valence-corrected chi connectivity index (χ3v) is 5.82. The molecule has 4 rings (SSSR count). The topological polar surface area (TPSA) is 148 Å². The zero-order valence-electron chi connectivity index (χ0n) is 16.4. The fourth-order valence-corrected chi connectivity index (χ4v) is 4.38. The predicted octanol–water partition coefficient (Wildman–Crippen LogP) is 3.41. The Bertz CT molecular complexity index is 1250. The van der Waals surface area contributed by atoms with Crippen molar-refractivity contribution >= 4 is 28.6 Å². The number of thioether (sulfide) groups is 1. The summed E-state index contributed by atoms with van der Waals surface area (Å²) in [7, 11) is 1.25. The standard InChI is InChI=1S/C20H15N5O5S/c1-10-16(19(26)29-2)17(24-18(22)15(9-21)31-20(24)23-10)14-8-7-13(30-14)11-5-3-4-6-12(11)25(27)28/h3-8,17H,22H2,1-2H3/t17-/m0/s1. The minimum Gasteiger partial charge on any atom is -0.466 e. The van der Waals surface area contributed by atoms with Gasteiger partial charge in [0.25, 0.3) is 5.69 Å². The fraction of sp³-hybridized carbons (Fsp3) is 0.150. The van der Waals surface area contributed by atoms with Crippen molar-refractivity contribution in [1.82, 2.24) is 4.90 Å². The zero-order chi connectivity index (χ0) is 22.3. The van der Waals surface area contributed by atoms with E-state index >= 15 is 0 Å².